The molecule has 0 fully saturated rings. The second-order valence-electron chi connectivity index (χ2n) is 6.66. The zero-order valence-corrected chi connectivity index (χ0v) is 16.9. The van der Waals surface area contributed by atoms with Gasteiger partial charge in [0.2, 0.25) is 16.9 Å². The predicted molar refractivity (Wildman–Crippen MR) is 107 cm³/mol. The third-order valence-electron chi connectivity index (χ3n) is 4.61. The molecule has 8 heteroatoms. The van der Waals surface area contributed by atoms with E-state index in [1.165, 1.54) is 22.9 Å². The van der Waals surface area contributed by atoms with Crippen molar-refractivity contribution in [2.24, 2.45) is 0 Å². The standard InChI is InChI=1S/C20H20N6OS/c1-12-8-10-16(11-9-12)19-22-21-18(27-19)15(4)28-20-23-24-25-26(20)17-7-5-6-13(2)14(17)3/h5-11,15H,1-4H3. The molecule has 0 bridgehead atoms. The average Bonchev–Trinajstić information content (AvgIpc) is 3.34. The summed E-state index contributed by atoms with van der Waals surface area (Å²) in [6, 6.07) is 14.1. The van der Waals surface area contributed by atoms with Gasteiger partial charge < -0.3 is 4.42 Å². The lowest BCUT2D eigenvalue weighted by atomic mass is 10.1. The zero-order chi connectivity index (χ0) is 19.7. The number of tetrazole rings is 1. The highest BCUT2D eigenvalue weighted by Gasteiger charge is 2.21. The van der Waals surface area contributed by atoms with Crippen LogP contribution in [0.2, 0.25) is 0 Å². The monoisotopic (exact) mass is 392 g/mol. The maximum Gasteiger partial charge on any atom is 0.247 e. The number of nitrogens with zero attached hydrogens (tertiary/aromatic N) is 6. The van der Waals surface area contributed by atoms with Gasteiger partial charge in [-0.05, 0) is 67.4 Å². The molecule has 1 unspecified atom stereocenters. The van der Waals surface area contributed by atoms with Gasteiger partial charge in [-0.15, -0.1) is 15.3 Å². The number of hydrogen-bond acceptors (Lipinski definition) is 7. The quantitative estimate of drug-likeness (QED) is 0.463. The van der Waals surface area contributed by atoms with Gasteiger partial charge in [-0.1, -0.05) is 41.6 Å². The van der Waals surface area contributed by atoms with Crippen LogP contribution in [0.4, 0.5) is 0 Å². The highest BCUT2D eigenvalue weighted by Crippen LogP contribution is 2.35. The van der Waals surface area contributed by atoms with Crippen molar-refractivity contribution in [1.29, 1.82) is 0 Å². The van der Waals surface area contributed by atoms with Crippen molar-refractivity contribution in [3.05, 3.63) is 65.0 Å². The van der Waals surface area contributed by atoms with E-state index in [1.807, 2.05) is 50.2 Å². The summed E-state index contributed by atoms with van der Waals surface area (Å²) in [7, 11) is 0. The Labute approximate surface area is 167 Å². The average molecular weight is 392 g/mol. The van der Waals surface area contributed by atoms with E-state index < -0.39 is 0 Å². The number of aryl methyl sites for hydroxylation is 2. The van der Waals surface area contributed by atoms with Crippen LogP contribution in [-0.4, -0.2) is 30.4 Å². The maximum absolute atomic E-state index is 5.89. The van der Waals surface area contributed by atoms with Crippen molar-refractivity contribution >= 4 is 11.8 Å². The SMILES string of the molecule is Cc1ccc(-c2nnc(C(C)Sc3nnnn3-c3cccc(C)c3C)o2)cc1. The molecule has 0 saturated heterocycles. The van der Waals surface area contributed by atoms with Crippen molar-refractivity contribution < 1.29 is 4.42 Å². The van der Waals surface area contributed by atoms with Gasteiger partial charge in [0.25, 0.3) is 0 Å². The Morgan fingerprint density at radius 1 is 0.964 bits per heavy atom. The van der Waals surface area contributed by atoms with Crippen LogP contribution in [0, 0.1) is 20.8 Å². The van der Waals surface area contributed by atoms with Gasteiger partial charge in [0.15, 0.2) is 0 Å². The van der Waals surface area contributed by atoms with Crippen LogP contribution in [0.5, 0.6) is 0 Å². The molecule has 0 saturated carbocycles. The second kappa shape index (κ2) is 7.55. The van der Waals surface area contributed by atoms with Crippen LogP contribution >= 0.6 is 11.8 Å². The summed E-state index contributed by atoms with van der Waals surface area (Å²) in [6.45, 7) is 8.18. The number of thioether (sulfide) groups is 1. The minimum absolute atomic E-state index is 0.0958. The van der Waals surface area contributed by atoms with E-state index in [4.69, 9.17) is 4.42 Å². The van der Waals surface area contributed by atoms with E-state index >= 15 is 0 Å². The molecule has 142 valence electrons. The fourth-order valence-electron chi connectivity index (χ4n) is 2.79. The predicted octanol–water partition coefficient (Wildman–Crippen LogP) is 4.49. The third-order valence-corrected chi connectivity index (χ3v) is 5.63. The molecule has 1 atom stereocenters. The number of hydrogen-bond donors (Lipinski definition) is 0. The summed E-state index contributed by atoms with van der Waals surface area (Å²) in [5, 5.41) is 21.2. The Bertz CT molecular complexity index is 1100. The molecule has 0 N–H and O–H groups in total. The molecular weight excluding hydrogens is 372 g/mol. The first-order valence-electron chi connectivity index (χ1n) is 8.95. The first-order valence-corrected chi connectivity index (χ1v) is 9.83. The third kappa shape index (κ3) is 3.55. The van der Waals surface area contributed by atoms with Gasteiger partial charge in [-0.3, -0.25) is 0 Å². The molecule has 7 nitrogen and oxygen atoms in total. The smallest absolute Gasteiger partial charge is 0.247 e. The van der Waals surface area contributed by atoms with Crippen LogP contribution in [0.25, 0.3) is 17.1 Å². The molecule has 28 heavy (non-hydrogen) atoms. The Morgan fingerprint density at radius 2 is 1.75 bits per heavy atom. The fraction of sp³-hybridized carbons (Fsp3) is 0.250. The van der Waals surface area contributed by atoms with E-state index in [2.05, 4.69) is 45.6 Å². The lowest BCUT2D eigenvalue weighted by Crippen LogP contribution is -2.03. The molecule has 0 spiro atoms. The summed E-state index contributed by atoms with van der Waals surface area (Å²) in [5.74, 6) is 1.05. The van der Waals surface area contributed by atoms with Crippen molar-refractivity contribution in [1.82, 2.24) is 30.4 Å². The number of benzene rings is 2. The molecule has 2 aromatic carbocycles. The van der Waals surface area contributed by atoms with Gasteiger partial charge in [0.1, 0.15) is 0 Å². The lowest BCUT2D eigenvalue weighted by Gasteiger charge is -2.10. The van der Waals surface area contributed by atoms with Crippen LogP contribution in [-0.2, 0) is 0 Å². The van der Waals surface area contributed by atoms with Crippen molar-refractivity contribution in [3.8, 4) is 17.1 Å². The Kier molecular flexibility index (Phi) is 4.95. The van der Waals surface area contributed by atoms with Crippen molar-refractivity contribution in [3.63, 3.8) is 0 Å². The van der Waals surface area contributed by atoms with E-state index in [0.717, 1.165) is 16.8 Å². The van der Waals surface area contributed by atoms with Gasteiger partial charge >= 0.3 is 0 Å². The van der Waals surface area contributed by atoms with Crippen LogP contribution < -0.4 is 0 Å². The topological polar surface area (TPSA) is 82.5 Å². The fourth-order valence-corrected chi connectivity index (χ4v) is 3.62. The molecule has 0 aliphatic rings. The van der Waals surface area contributed by atoms with Crippen molar-refractivity contribution in [2.45, 2.75) is 38.1 Å². The maximum atomic E-state index is 5.89. The largest absolute Gasteiger partial charge is 0.419 e. The highest BCUT2D eigenvalue weighted by atomic mass is 32.2. The first-order chi connectivity index (χ1) is 13.5. The molecule has 0 amide bonds. The minimum Gasteiger partial charge on any atom is -0.419 e. The number of aromatic nitrogens is 6. The van der Waals surface area contributed by atoms with Gasteiger partial charge in [0.05, 0.1) is 10.9 Å². The molecule has 0 aliphatic heterocycles. The molecule has 4 aromatic rings. The summed E-state index contributed by atoms with van der Waals surface area (Å²) < 4.78 is 7.64. The van der Waals surface area contributed by atoms with Gasteiger partial charge in [-0.25, -0.2) is 0 Å². The summed E-state index contributed by atoms with van der Waals surface area (Å²) in [6.07, 6.45) is 0. The van der Waals surface area contributed by atoms with E-state index in [9.17, 15) is 0 Å². The lowest BCUT2D eigenvalue weighted by molar-refractivity contribution is 0.508. The van der Waals surface area contributed by atoms with Crippen molar-refractivity contribution in [2.75, 3.05) is 0 Å². The second-order valence-corrected chi connectivity index (χ2v) is 7.97. The summed E-state index contributed by atoms with van der Waals surface area (Å²) >= 11 is 1.48. The van der Waals surface area contributed by atoms with Crippen LogP contribution in [0.1, 0.15) is 34.8 Å². The molecule has 4 rings (SSSR count). The normalized spacial score (nSPS) is 12.3. The van der Waals surface area contributed by atoms with E-state index in [1.54, 1.807) is 4.68 Å². The van der Waals surface area contributed by atoms with Gasteiger partial charge in [0, 0.05) is 5.56 Å². The number of rotatable bonds is 5. The minimum atomic E-state index is -0.0958. The molecule has 0 aliphatic carbocycles. The molecular formula is C20H20N6OS. The Hall–Kier alpha value is -3.00. The highest BCUT2D eigenvalue weighted by molar-refractivity contribution is 7.99. The van der Waals surface area contributed by atoms with E-state index in [-0.39, 0.29) is 5.25 Å². The molecule has 0 radical (unpaired) electrons. The first kappa shape index (κ1) is 18.4. The molecule has 2 heterocycles. The van der Waals surface area contributed by atoms with Crippen LogP contribution in [0.3, 0.4) is 0 Å². The van der Waals surface area contributed by atoms with Crippen LogP contribution in [0.15, 0.2) is 52.0 Å². The van der Waals surface area contributed by atoms with Gasteiger partial charge in [-0.2, -0.15) is 4.68 Å². The Morgan fingerprint density at radius 3 is 2.54 bits per heavy atom. The summed E-state index contributed by atoms with van der Waals surface area (Å²) in [4.78, 5) is 0. The Balaban J connectivity index is 1.57. The zero-order valence-electron chi connectivity index (χ0n) is 16.1. The summed E-state index contributed by atoms with van der Waals surface area (Å²) in [5.41, 5.74) is 5.39. The van der Waals surface area contributed by atoms with E-state index in [0.29, 0.717) is 16.9 Å². The molecule has 2 aromatic heterocycles.